The number of ether oxygens (including phenoxy) is 1. The van der Waals surface area contributed by atoms with Gasteiger partial charge in [-0.25, -0.2) is 0 Å². The number of carbonyl (C=O) groups is 1. The summed E-state index contributed by atoms with van der Waals surface area (Å²) in [4.78, 5) is 12.4. The summed E-state index contributed by atoms with van der Waals surface area (Å²) < 4.78 is 4.83. The topological polar surface area (TPSA) is 26.3 Å². The molecule has 0 spiro atoms. The molecule has 0 saturated heterocycles. The Balaban J connectivity index is 2.56. The van der Waals surface area contributed by atoms with Gasteiger partial charge in [0.05, 0.1) is 0 Å². The lowest BCUT2D eigenvalue weighted by atomic mass is 10.4. The molecule has 0 N–H and O–H groups in total. The minimum absolute atomic E-state index is 0.302. The molecular formula is C12H12O2S. The Labute approximate surface area is 93.6 Å². The first kappa shape index (κ1) is 11.6. The van der Waals surface area contributed by atoms with Crippen LogP contribution in [0.4, 0.5) is 0 Å². The van der Waals surface area contributed by atoms with Gasteiger partial charge in [-0.05, 0) is 12.1 Å². The summed E-state index contributed by atoms with van der Waals surface area (Å²) >= 11 is 1.42. The molecule has 0 saturated carbocycles. The molecule has 3 heteroatoms. The van der Waals surface area contributed by atoms with E-state index in [1.165, 1.54) is 18.7 Å². The number of hydrogen-bond donors (Lipinski definition) is 0. The lowest BCUT2D eigenvalue weighted by molar-refractivity contribution is -0.136. The van der Waals surface area contributed by atoms with Crippen molar-refractivity contribution in [1.29, 1.82) is 0 Å². The van der Waals surface area contributed by atoms with Crippen molar-refractivity contribution in [1.82, 2.24) is 0 Å². The minimum Gasteiger partial charge on any atom is -0.426 e. The maximum absolute atomic E-state index is 10.7. The zero-order valence-electron chi connectivity index (χ0n) is 8.53. The number of carbonyl (C=O) groups excluding carboxylic acids is 1. The van der Waals surface area contributed by atoms with Gasteiger partial charge in [0, 0.05) is 16.7 Å². The SMILES string of the molecule is C=C(OC(C)=O)C(=C)Sc1ccccc1. The highest BCUT2D eigenvalue weighted by Crippen LogP contribution is 2.29. The Morgan fingerprint density at radius 1 is 1.27 bits per heavy atom. The van der Waals surface area contributed by atoms with Crippen molar-refractivity contribution in [2.75, 3.05) is 0 Å². The summed E-state index contributed by atoms with van der Waals surface area (Å²) in [5.41, 5.74) is 0. The van der Waals surface area contributed by atoms with Crippen LogP contribution in [0.25, 0.3) is 0 Å². The van der Waals surface area contributed by atoms with Crippen LogP contribution in [0.5, 0.6) is 0 Å². The van der Waals surface area contributed by atoms with Gasteiger partial charge in [-0.15, -0.1) is 0 Å². The third-order valence-electron chi connectivity index (χ3n) is 1.56. The third kappa shape index (κ3) is 4.04. The molecule has 2 nitrogen and oxygen atoms in total. The van der Waals surface area contributed by atoms with Gasteiger partial charge in [-0.1, -0.05) is 43.1 Å². The molecule has 0 atom stereocenters. The Morgan fingerprint density at radius 3 is 2.40 bits per heavy atom. The second kappa shape index (κ2) is 5.41. The van der Waals surface area contributed by atoms with Crippen molar-refractivity contribution in [3.63, 3.8) is 0 Å². The quantitative estimate of drug-likeness (QED) is 0.337. The van der Waals surface area contributed by atoms with E-state index in [1.807, 2.05) is 30.3 Å². The van der Waals surface area contributed by atoms with Crippen LogP contribution in [-0.2, 0) is 9.53 Å². The second-order valence-electron chi connectivity index (χ2n) is 2.86. The van der Waals surface area contributed by atoms with E-state index in [9.17, 15) is 4.79 Å². The normalized spacial score (nSPS) is 9.40. The largest absolute Gasteiger partial charge is 0.426 e. The van der Waals surface area contributed by atoms with Crippen molar-refractivity contribution in [3.05, 3.63) is 54.2 Å². The molecule has 0 aromatic heterocycles. The number of rotatable bonds is 4. The fourth-order valence-electron chi connectivity index (χ4n) is 0.918. The van der Waals surface area contributed by atoms with Crippen LogP contribution < -0.4 is 0 Å². The van der Waals surface area contributed by atoms with Crippen LogP contribution in [0.2, 0.25) is 0 Å². The highest BCUT2D eigenvalue weighted by Gasteiger charge is 2.05. The Kier molecular flexibility index (Phi) is 4.18. The summed E-state index contributed by atoms with van der Waals surface area (Å²) in [7, 11) is 0. The van der Waals surface area contributed by atoms with Crippen molar-refractivity contribution in [2.45, 2.75) is 11.8 Å². The average Bonchev–Trinajstić information content (AvgIpc) is 2.18. The molecule has 0 aliphatic heterocycles. The summed E-state index contributed by atoms with van der Waals surface area (Å²) in [6.07, 6.45) is 0. The summed E-state index contributed by atoms with van der Waals surface area (Å²) in [6, 6.07) is 9.72. The van der Waals surface area contributed by atoms with Crippen LogP contribution in [0.1, 0.15) is 6.92 Å². The molecule has 0 amide bonds. The average molecular weight is 220 g/mol. The Bertz CT molecular complexity index is 382. The van der Waals surface area contributed by atoms with Crippen LogP contribution in [0, 0.1) is 0 Å². The molecule has 1 aromatic rings. The first-order valence-corrected chi connectivity index (χ1v) is 5.20. The van der Waals surface area contributed by atoms with Gasteiger partial charge in [-0.3, -0.25) is 4.79 Å². The fourth-order valence-corrected chi connectivity index (χ4v) is 1.65. The molecule has 0 bridgehead atoms. The first-order valence-electron chi connectivity index (χ1n) is 4.39. The molecule has 0 fully saturated rings. The highest BCUT2D eigenvalue weighted by molar-refractivity contribution is 8.03. The van der Waals surface area contributed by atoms with E-state index in [0.29, 0.717) is 10.7 Å². The zero-order chi connectivity index (χ0) is 11.3. The molecule has 0 aliphatic rings. The van der Waals surface area contributed by atoms with E-state index in [0.717, 1.165) is 4.90 Å². The van der Waals surface area contributed by atoms with E-state index in [4.69, 9.17) is 4.74 Å². The maximum atomic E-state index is 10.7. The van der Waals surface area contributed by atoms with Gasteiger partial charge < -0.3 is 4.74 Å². The molecule has 78 valence electrons. The predicted octanol–water partition coefficient (Wildman–Crippen LogP) is 3.37. The lowest BCUT2D eigenvalue weighted by Crippen LogP contribution is -1.97. The Morgan fingerprint density at radius 2 is 1.87 bits per heavy atom. The van der Waals surface area contributed by atoms with Crippen molar-refractivity contribution in [3.8, 4) is 0 Å². The van der Waals surface area contributed by atoms with Gasteiger partial charge in [0.2, 0.25) is 0 Å². The molecule has 1 rings (SSSR count). The minimum atomic E-state index is -0.380. The van der Waals surface area contributed by atoms with E-state index in [2.05, 4.69) is 13.2 Å². The standard InChI is InChI=1S/C12H12O2S/c1-9(14-11(3)13)10(2)15-12-7-5-4-6-8-12/h4-8H,1-2H2,3H3. The van der Waals surface area contributed by atoms with Crippen LogP contribution in [0.15, 0.2) is 59.0 Å². The monoisotopic (exact) mass is 220 g/mol. The van der Waals surface area contributed by atoms with E-state index in [1.54, 1.807) is 0 Å². The molecule has 0 aliphatic carbocycles. The number of thioether (sulfide) groups is 1. The van der Waals surface area contributed by atoms with E-state index >= 15 is 0 Å². The van der Waals surface area contributed by atoms with E-state index < -0.39 is 0 Å². The molecule has 15 heavy (non-hydrogen) atoms. The molecule has 0 unspecified atom stereocenters. The van der Waals surface area contributed by atoms with Gasteiger partial charge >= 0.3 is 5.97 Å². The van der Waals surface area contributed by atoms with Crippen molar-refractivity contribution >= 4 is 17.7 Å². The number of esters is 1. The van der Waals surface area contributed by atoms with Crippen molar-refractivity contribution < 1.29 is 9.53 Å². The second-order valence-corrected chi connectivity index (χ2v) is 4.02. The van der Waals surface area contributed by atoms with Crippen LogP contribution >= 0.6 is 11.8 Å². The zero-order valence-corrected chi connectivity index (χ0v) is 9.34. The first-order chi connectivity index (χ1) is 7.09. The maximum Gasteiger partial charge on any atom is 0.308 e. The highest BCUT2D eigenvalue weighted by atomic mass is 32.2. The van der Waals surface area contributed by atoms with Crippen LogP contribution in [-0.4, -0.2) is 5.97 Å². The molecule has 0 heterocycles. The van der Waals surface area contributed by atoms with Gasteiger partial charge in [-0.2, -0.15) is 0 Å². The molecular weight excluding hydrogens is 208 g/mol. The van der Waals surface area contributed by atoms with Gasteiger partial charge in [0.15, 0.2) is 0 Å². The smallest absolute Gasteiger partial charge is 0.308 e. The Hall–Kier alpha value is -1.48. The summed E-state index contributed by atoms with van der Waals surface area (Å²) in [6.45, 7) is 8.76. The number of benzene rings is 1. The molecule has 1 aromatic carbocycles. The lowest BCUT2D eigenvalue weighted by Gasteiger charge is -2.07. The fraction of sp³-hybridized carbons (Fsp3) is 0.0833. The summed E-state index contributed by atoms with van der Waals surface area (Å²) in [5, 5.41) is 0. The number of hydrogen-bond acceptors (Lipinski definition) is 3. The van der Waals surface area contributed by atoms with E-state index in [-0.39, 0.29) is 5.97 Å². The summed E-state index contributed by atoms with van der Waals surface area (Å²) in [5.74, 6) is -0.0776. The van der Waals surface area contributed by atoms with Crippen molar-refractivity contribution in [2.24, 2.45) is 0 Å². The molecule has 0 radical (unpaired) electrons. The van der Waals surface area contributed by atoms with Gasteiger partial charge in [0.1, 0.15) is 5.76 Å². The third-order valence-corrected chi connectivity index (χ3v) is 2.54. The van der Waals surface area contributed by atoms with Gasteiger partial charge in [0.25, 0.3) is 0 Å². The predicted molar refractivity (Wildman–Crippen MR) is 62.3 cm³/mol. The van der Waals surface area contributed by atoms with Crippen LogP contribution in [0.3, 0.4) is 0 Å².